The third-order valence-corrected chi connectivity index (χ3v) is 11.6. The fraction of sp³-hybridized carbons (Fsp3) is 0.237. The Morgan fingerprint density at radius 3 is 2.17 bits per heavy atom. The molecule has 2 fully saturated rings. The first kappa shape index (κ1) is 28.8. The molecule has 1 spiro atoms. The van der Waals surface area contributed by atoms with Gasteiger partial charge in [0.2, 0.25) is 11.8 Å². The van der Waals surface area contributed by atoms with Crippen LogP contribution >= 0.6 is 11.8 Å². The lowest BCUT2D eigenvalue weighted by molar-refractivity contribution is -0.141. The molecule has 8 rings (SSSR count). The molecule has 230 valence electrons. The van der Waals surface area contributed by atoms with Crippen LogP contribution in [0.25, 0.3) is 10.8 Å². The number of carbonyl (C=O) groups is 3. The van der Waals surface area contributed by atoms with Crippen LogP contribution in [0.1, 0.15) is 11.6 Å². The Bertz CT molecular complexity index is 1900. The highest BCUT2D eigenvalue weighted by molar-refractivity contribution is 8.02. The maximum atomic E-state index is 15.0. The molecule has 4 aromatic carbocycles. The van der Waals surface area contributed by atoms with Gasteiger partial charge in [-0.05, 0) is 40.6 Å². The second kappa shape index (κ2) is 11.3. The van der Waals surface area contributed by atoms with Gasteiger partial charge in [-0.25, -0.2) is 0 Å². The van der Waals surface area contributed by atoms with Gasteiger partial charge < -0.3 is 19.8 Å². The van der Waals surface area contributed by atoms with Crippen molar-refractivity contribution in [2.24, 2.45) is 11.8 Å². The van der Waals surface area contributed by atoms with Gasteiger partial charge in [-0.1, -0.05) is 103 Å². The Labute approximate surface area is 271 Å². The summed E-state index contributed by atoms with van der Waals surface area (Å²) in [5.74, 6) is -2.08. The number of aliphatic hydroxyl groups is 1. The number of benzene rings is 4. The van der Waals surface area contributed by atoms with Crippen LogP contribution in [0.4, 0.5) is 11.4 Å². The van der Waals surface area contributed by atoms with E-state index in [1.165, 1.54) is 0 Å². The van der Waals surface area contributed by atoms with Crippen molar-refractivity contribution < 1.29 is 19.5 Å². The largest absolute Gasteiger partial charge is 0.394 e. The number of amides is 3. The maximum absolute atomic E-state index is 15.0. The van der Waals surface area contributed by atoms with E-state index >= 15 is 4.79 Å². The molecular weight excluding hydrogens is 595 g/mol. The molecule has 0 aromatic heterocycles. The number of thioether (sulfide) groups is 1. The number of carbonyl (C=O) groups excluding carboxylic acids is 3. The van der Waals surface area contributed by atoms with Crippen LogP contribution in [0.3, 0.4) is 0 Å². The molecule has 46 heavy (non-hydrogen) atoms. The van der Waals surface area contributed by atoms with Crippen molar-refractivity contribution in [3.05, 3.63) is 133 Å². The first-order valence-electron chi connectivity index (χ1n) is 15.7. The van der Waals surface area contributed by atoms with Crippen LogP contribution in [-0.2, 0) is 14.4 Å². The minimum Gasteiger partial charge on any atom is -0.394 e. The van der Waals surface area contributed by atoms with E-state index in [1.807, 2.05) is 127 Å². The first-order chi connectivity index (χ1) is 22.5. The molecule has 0 bridgehead atoms. The van der Waals surface area contributed by atoms with Gasteiger partial charge in [-0.2, -0.15) is 0 Å². The SMILES string of the molecule is O=C1C2N([C@H](CO)c3ccccc3)C(=O)[C@@H]3[C@H]4C(=O)N(c5ccccc5)CC=C[C@H]4S[C@]23C=CCN1c1ccc2ccccc2c1. The van der Waals surface area contributed by atoms with E-state index < -0.39 is 28.7 Å². The minimum atomic E-state index is -1.00. The van der Waals surface area contributed by atoms with Crippen molar-refractivity contribution in [3.63, 3.8) is 0 Å². The van der Waals surface area contributed by atoms with Crippen molar-refractivity contribution >= 4 is 51.6 Å². The molecule has 4 aliphatic heterocycles. The fourth-order valence-electron chi connectivity index (χ4n) is 7.86. The Morgan fingerprint density at radius 1 is 0.739 bits per heavy atom. The maximum Gasteiger partial charge on any atom is 0.251 e. The van der Waals surface area contributed by atoms with Crippen molar-refractivity contribution in [2.75, 3.05) is 29.5 Å². The second-order valence-corrected chi connectivity index (χ2v) is 13.8. The normalized spacial score (nSPS) is 27.8. The molecule has 0 aliphatic carbocycles. The number of para-hydroxylation sites is 1. The molecule has 8 heteroatoms. The first-order valence-corrected chi connectivity index (χ1v) is 16.6. The lowest BCUT2D eigenvalue weighted by Crippen LogP contribution is -2.54. The number of aliphatic hydroxyl groups excluding tert-OH is 1. The Kier molecular flexibility index (Phi) is 7.07. The zero-order chi connectivity index (χ0) is 31.4. The van der Waals surface area contributed by atoms with Crippen LogP contribution in [0.5, 0.6) is 0 Å². The molecule has 7 nitrogen and oxygen atoms in total. The molecule has 4 aromatic rings. The van der Waals surface area contributed by atoms with Gasteiger partial charge in [0, 0.05) is 29.7 Å². The van der Waals surface area contributed by atoms with E-state index in [-0.39, 0.29) is 29.6 Å². The van der Waals surface area contributed by atoms with Crippen LogP contribution in [0.2, 0.25) is 0 Å². The molecule has 0 radical (unpaired) electrons. The van der Waals surface area contributed by atoms with E-state index in [4.69, 9.17) is 0 Å². The summed E-state index contributed by atoms with van der Waals surface area (Å²) in [4.78, 5) is 49.6. The standard InChI is InChI=1S/C38H33N3O4S/c42-24-30(26-12-3-1-4-13-26)41-34-37(45)40(29-19-18-25-11-7-8-14-27(25)23-29)22-10-20-38(34)33(36(41)44)32-31(46-38)17-9-21-39(35(32)43)28-15-5-2-6-16-28/h1-20,23,30-34,42H,21-22,24H2/t30-,31-,32+,33+,34?,38+/m1/s1. The number of nitrogens with zero attached hydrogens (tertiary/aromatic N) is 3. The predicted molar refractivity (Wildman–Crippen MR) is 181 cm³/mol. The van der Waals surface area contributed by atoms with Gasteiger partial charge >= 0.3 is 0 Å². The van der Waals surface area contributed by atoms with Gasteiger partial charge in [0.1, 0.15) is 6.04 Å². The van der Waals surface area contributed by atoms with Gasteiger partial charge in [0.05, 0.1) is 29.2 Å². The highest BCUT2D eigenvalue weighted by Gasteiger charge is 2.72. The van der Waals surface area contributed by atoms with E-state index in [0.29, 0.717) is 13.1 Å². The Morgan fingerprint density at radius 2 is 1.41 bits per heavy atom. The minimum absolute atomic E-state index is 0.124. The van der Waals surface area contributed by atoms with Gasteiger partial charge in [0.25, 0.3) is 5.91 Å². The van der Waals surface area contributed by atoms with Crippen molar-refractivity contribution in [1.29, 1.82) is 0 Å². The van der Waals surface area contributed by atoms with Crippen LogP contribution in [-0.4, -0.2) is 63.5 Å². The molecule has 1 unspecified atom stereocenters. The van der Waals surface area contributed by atoms with Crippen LogP contribution in [0.15, 0.2) is 127 Å². The molecular formula is C38H33N3O4S. The number of anilines is 2. The second-order valence-electron chi connectivity index (χ2n) is 12.3. The smallest absolute Gasteiger partial charge is 0.251 e. The summed E-state index contributed by atoms with van der Waals surface area (Å²) in [5, 5.41) is 12.7. The summed E-state index contributed by atoms with van der Waals surface area (Å²) in [6, 6.07) is 31.2. The van der Waals surface area contributed by atoms with E-state index in [9.17, 15) is 14.7 Å². The average molecular weight is 628 g/mol. The molecule has 6 atom stereocenters. The monoisotopic (exact) mass is 627 g/mol. The van der Waals surface area contributed by atoms with E-state index in [0.717, 1.165) is 27.7 Å². The van der Waals surface area contributed by atoms with Crippen LogP contribution < -0.4 is 9.80 Å². The number of fused-ring (bicyclic) bond motifs is 3. The lowest BCUT2D eigenvalue weighted by atomic mass is 9.78. The highest BCUT2D eigenvalue weighted by Crippen LogP contribution is 2.62. The van der Waals surface area contributed by atoms with Crippen molar-refractivity contribution in [3.8, 4) is 0 Å². The predicted octanol–water partition coefficient (Wildman–Crippen LogP) is 5.38. The van der Waals surface area contributed by atoms with Crippen molar-refractivity contribution in [2.45, 2.75) is 22.1 Å². The lowest BCUT2D eigenvalue weighted by Gasteiger charge is -2.38. The topological polar surface area (TPSA) is 81.2 Å². The summed E-state index contributed by atoms with van der Waals surface area (Å²) in [6.07, 6.45) is 8.05. The Hall–Kier alpha value is -4.66. The van der Waals surface area contributed by atoms with Crippen molar-refractivity contribution in [1.82, 2.24) is 4.90 Å². The molecule has 4 aliphatic rings. The zero-order valence-electron chi connectivity index (χ0n) is 25.1. The van der Waals surface area contributed by atoms with Gasteiger partial charge in [0.15, 0.2) is 0 Å². The molecule has 4 heterocycles. The van der Waals surface area contributed by atoms with Gasteiger partial charge in [-0.3, -0.25) is 14.4 Å². The number of rotatable bonds is 5. The summed E-state index contributed by atoms with van der Waals surface area (Å²) < 4.78 is -1.00. The molecule has 2 saturated heterocycles. The fourth-order valence-corrected chi connectivity index (χ4v) is 9.85. The average Bonchev–Trinajstić information content (AvgIpc) is 3.41. The van der Waals surface area contributed by atoms with Gasteiger partial charge in [-0.15, -0.1) is 11.8 Å². The van der Waals surface area contributed by atoms with E-state index in [1.54, 1.807) is 26.5 Å². The van der Waals surface area contributed by atoms with E-state index in [2.05, 4.69) is 0 Å². The third-order valence-electron chi connectivity index (χ3n) is 9.90. The number of likely N-dealkylation sites (tertiary alicyclic amines) is 1. The number of hydrogen-bond donors (Lipinski definition) is 1. The highest BCUT2D eigenvalue weighted by atomic mass is 32.2. The summed E-state index contributed by atoms with van der Waals surface area (Å²) >= 11 is 1.55. The quantitative estimate of drug-likeness (QED) is 0.301. The number of hydrogen-bond acceptors (Lipinski definition) is 5. The molecule has 3 amide bonds. The molecule has 0 saturated carbocycles. The third kappa shape index (κ3) is 4.35. The summed E-state index contributed by atoms with van der Waals surface area (Å²) in [6.45, 7) is 0.380. The summed E-state index contributed by atoms with van der Waals surface area (Å²) in [7, 11) is 0. The Balaban J connectivity index is 1.27. The molecule has 1 N–H and O–H groups in total. The van der Waals surface area contributed by atoms with Crippen LogP contribution in [0, 0.1) is 11.8 Å². The zero-order valence-corrected chi connectivity index (χ0v) is 25.9. The summed E-state index contributed by atoms with van der Waals surface area (Å²) in [5.41, 5.74) is 2.26.